The minimum absolute atomic E-state index is 0.299. The molecule has 0 fully saturated rings. The zero-order chi connectivity index (χ0) is 17.1. The molecule has 0 N–H and O–H groups in total. The van der Waals surface area contributed by atoms with Gasteiger partial charge in [-0.15, -0.1) is 0 Å². The second kappa shape index (κ2) is 6.95. The molecule has 2 aliphatic rings. The van der Waals surface area contributed by atoms with Crippen LogP contribution >= 0.6 is 0 Å². The number of rotatable bonds is 6. The molecule has 126 valence electrons. The van der Waals surface area contributed by atoms with Crippen LogP contribution in [0.2, 0.25) is 0 Å². The number of benzene rings is 1. The average Bonchev–Trinajstić information content (AvgIpc) is 3.12. The van der Waals surface area contributed by atoms with E-state index in [0.717, 1.165) is 24.0 Å². The Balaban J connectivity index is 1.75. The SMILES string of the molecule is CCCC1N=C(c2ccc(C3=NC(CCC)C(=O)O3)cc2)OC1=O. The number of ether oxygens (including phenoxy) is 2. The first-order valence-corrected chi connectivity index (χ1v) is 8.32. The summed E-state index contributed by atoms with van der Waals surface area (Å²) in [6.07, 6.45) is 3.12. The van der Waals surface area contributed by atoms with E-state index in [4.69, 9.17) is 9.47 Å². The smallest absolute Gasteiger partial charge is 0.337 e. The van der Waals surface area contributed by atoms with Crippen LogP contribution in [-0.2, 0) is 19.1 Å². The molecule has 0 aliphatic carbocycles. The van der Waals surface area contributed by atoms with Crippen LogP contribution in [-0.4, -0.2) is 35.8 Å². The van der Waals surface area contributed by atoms with Gasteiger partial charge < -0.3 is 9.47 Å². The normalized spacial score (nSPS) is 22.9. The molecule has 1 aromatic carbocycles. The van der Waals surface area contributed by atoms with E-state index >= 15 is 0 Å². The predicted molar refractivity (Wildman–Crippen MR) is 89.1 cm³/mol. The molecule has 0 spiro atoms. The highest BCUT2D eigenvalue weighted by Gasteiger charge is 2.30. The second-order valence-corrected chi connectivity index (χ2v) is 5.90. The Labute approximate surface area is 140 Å². The van der Waals surface area contributed by atoms with E-state index in [1.165, 1.54) is 0 Å². The molecule has 6 nitrogen and oxygen atoms in total. The summed E-state index contributed by atoms with van der Waals surface area (Å²) >= 11 is 0. The van der Waals surface area contributed by atoms with Crippen LogP contribution in [0.4, 0.5) is 0 Å². The van der Waals surface area contributed by atoms with E-state index in [2.05, 4.69) is 9.98 Å². The summed E-state index contributed by atoms with van der Waals surface area (Å²) in [5, 5.41) is 0. The van der Waals surface area contributed by atoms with Crippen molar-refractivity contribution >= 4 is 23.7 Å². The van der Waals surface area contributed by atoms with Gasteiger partial charge in [-0.2, -0.15) is 0 Å². The van der Waals surface area contributed by atoms with Gasteiger partial charge in [0.15, 0.2) is 12.1 Å². The van der Waals surface area contributed by atoms with Gasteiger partial charge in [0.2, 0.25) is 11.8 Å². The molecule has 0 saturated carbocycles. The topological polar surface area (TPSA) is 77.3 Å². The number of cyclic esters (lactones) is 2. The quantitative estimate of drug-likeness (QED) is 0.752. The zero-order valence-corrected chi connectivity index (χ0v) is 13.8. The van der Waals surface area contributed by atoms with Gasteiger partial charge in [-0.05, 0) is 37.1 Å². The van der Waals surface area contributed by atoms with Crippen LogP contribution in [0.15, 0.2) is 34.3 Å². The highest BCUT2D eigenvalue weighted by atomic mass is 16.6. The molecule has 3 rings (SSSR count). The lowest BCUT2D eigenvalue weighted by Gasteiger charge is -2.03. The Hall–Kier alpha value is -2.50. The summed E-state index contributed by atoms with van der Waals surface area (Å²) in [4.78, 5) is 32.2. The third-order valence-electron chi connectivity index (χ3n) is 3.99. The first kappa shape index (κ1) is 16.4. The van der Waals surface area contributed by atoms with Gasteiger partial charge >= 0.3 is 11.9 Å². The lowest BCUT2D eigenvalue weighted by Crippen LogP contribution is -2.14. The van der Waals surface area contributed by atoms with Gasteiger partial charge in [-0.1, -0.05) is 26.7 Å². The maximum Gasteiger partial charge on any atom is 0.337 e. The molecule has 0 amide bonds. The van der Waals surface area contributed by atoms with Crippen LogP contribution < -0.4 is 0 Å². The molecule has 2 atom stereocenters. The molecular formula is C18H20N2O4. The van der Waals surface area contributed by atoms with Gasteiger partial charge in [-0.25, -0.2) is 19.6 Å². The summed E-state index contributed by atoms with van der Waals surface area (Å²) in [5.41, 5.74) is 1.45. The summed E-state index contributed by atoms with van der Waals surface area (Å²) < 4.78 is 10.5. The Bertz CT molecular complexity index is 645. The molecule has 2 aliphatic heterocycles. The Morgan fingerprint density at radius 3 is 1.50 bits per heavy atom. The average molecular weight is 328 g/mol. The molecule has 2 unspecified atom stereocenters. The standard InChI is InChI=1S/C18H20N2O4/c1-3-5-13-17(21)23-15(19-13)11-7-9-12(10-8-11)16-20-14(6-4-2)18(22)24-16/h7-10,13-14H,3-6H2,1-2H3. The van der Waals surface area contributed by atoms with Crippen molar-refractivity contribution in [1.82, 2.24) is 0 Å². The Kier molecular flexibility index (Phi) is 4.74. The Morgan fingerprint density at radius 2 is 1.17 bits per heavy atom. The third-order valence-corrected chi connectivity index (χ3v) is 3.99. The fourth-order valence-electron chi connectivity index (χ4n) is 2.70. The van der Waals surface area contributed by atoms with Crippen molar-refractivity contribution in [3.63, 3.8) is 0 Å². The van der Waals surface area contributed by atoms with Crippen molar-refractivity contribution in [2.24, 2.45) is 9.98 Å². The molecule has 0 saturated heterocycles. The molecule has 2 heterocycles. The van der Waals surface area contributed by atoms with E-state index in [9.17, 15) is 9.59 Å². The van der Waals surface area contributed by atoms with Gasteiger partial charge in [0, 0.05) is 11.1 Å². The fourth-order valence-corrected chi connectivity index (χ4v) is 2.70. The van der Waals surface area contributed by atoms with Crippen molar-refractivity contribution in [2.45, 2.75) is 51.6 Å². The summed E-state index contributed by atoms with van der Waals surface area (Å²) in [7, 11) is 0. The third kappa shape index (κ3) is 3.22. The van der Waals surface area contributed by atoms with Crippen LogP contribution in [0.25, 0.3) is 0 Å². The maximum atomic E-state index is 11.7. The number of hydrogen-bond donors (Lipinski definition) is 0. The number of esters is 2. The largest absolute Gasteiger partial charge is 0.406 e. The molecule has 0 aromatic heterocycles. The van der Waals surface area contributed by atoms with Gasteiger partial charge in [0.05, 0.1) is 0 Å². The number of carbonyl (C=O) groups excluding carboxylic acids is 2. The van der Waals surface area contributed by atoms with Crippen LogP contribution in [0.3, 0.4) is 0 Å². The highest BCUT2D eigenvalue weighted by molar-refractivity contribution is 6.08. The fraction of sp³-hybridized carbons (Fsp3) is 0.444. The van der Waals surface area contributed by atoms with Crippen molar-refractivity contribution < 1.29 is 19.1 Å². The molecule has 6 heteroatoms. The molecule has 1 aromatic rings. The first-order valence-electron chi connectivity index (χ1n) is 8.32. The summed E-state index contributed by atoms with van der Waals surface area (Å²) in [6.45, 7) is 4.01. The minimum Gasteiger partial charge on any atom is -0.406 e. The number of aliphatic imine (C=N–C) groups is 2. The van der Waals surface area contributed by atoms with Gasteiger partial charge in [0.1, 0.15) is 0 Å². The van der Waals surface area contributed by atoms with Crippen molar-refractivity contribution in [2.75, 3.05) is 0 Å². The van der Waals surface area contributed by atoms with E-state index in [1.807, 2.05) is 13.8 Å². The number of carbonyl (C=O) groups is 2. The van der Waals surface area contributed by atoms with Crippen molar-refractivity contribution in [1.29, 1.82) is 0 Å². The van der Waals surface area contributed by atoms with Crippen LogP contribution in [0, 0.1) is 0 Å². The lowest BCUT2D eigenvalue weighted by atomic mass is 10.1. The van der Waals surface area contributed by atoms with Crippen molar-refractivity contribution in [3.05, 3.63) is 35.4 Å². The summed E-state index contributed by atoms with van der Waals surface area (Å²) in [5.74, 6) is 0.0956. The maximum absolute atomic E-state index is 11.7. The molecule has 24 heavy (non-hydrogen) atoms. The second-order valence-electron chi connectivity index (χ2n) is 5.90. The first-order chi connectivity index (χ1) is 11.6. The molecular weight excluding hydrogens is 308 g/mol. The molecule has 0 bridgehead atoms. The predicted octanol–water partition coefficient (Wildman–Crippen LogP) is 2.63. The van der Waals surface area contributed by atoms with E-state index in [1.54, 1.807) is 24.3 Å². The Morgan fingerprint density at radius 1 is 0.792 bits per heavy atom. The van der Waals surface area contributed by atoms with Gasteiger partial charge in [-0.3, -0.25) is 0 Å². The van der Waals surface area contributed by atoms with Gasteiger partial charge in [0.25, 0.3) is 0 Å². The highest BCUT2D eigenvalue weighted by Crippen LogP contribution is 2.20. The number of hydrogen-bond acceptors (Lipinski definition) is 6. The van der Waals surface area contributed by atoms with Crippen LogP contribution in [0.5, 0.6) is 0 Å². The van der Waals surface area contributed by atoms with E-state index in [-0.39, 0.29) is 11.9 Å². The van der Waals surface area contributed by atoms with E-state index < -0.39 is 12.1 Å². The van der Waals surface area contributed by atoms with E-state index in [0.29, 0.717) is 24.6 Å². The molecule has 0 radical (unpaired) electrons. The number of nitrogens with zero attached hydrogens (tertiary/aromatic N) is 2. The monoisotopic (exact) mass is 328 g/mol. The lowest BCUT2D eigenvalue weighted by molar-refractivity contribution is -0.136. The summed E-state index contributed by atoms with van der Waals surface area (Å²) in [6, 6.07) is 6.36. The zero-order valence-electron chi connectivity index (χ0n) is 13.8. The van der Waals surface area contributed by atoms with Crippen molar-refractivity contribution in [3.8, 4) is 0 Å². The van der Waals surface area contributed by atoms with Crippen LogP contribution in [0.1, 0.15) is 50.7 Å². The minimum atomic E-state index is -0.403.